The Labute approximate surface area is 95.7 Å². The largest absolute Gasteiger partial charge is 0.469 e. The minimum Gasteiger partial charge on any atom is -0.469 e. The van der Waals surface area contributed by atoms with Crippen LogP contribution in [0, 0.1) is 5.92 Å². The van der Waals surface area contributed by atoms with Crippen molar-refractivity contribution >= 4 is 11.9 Å². The Morgan fingerprint density at radius 1 is 1.44 bits per heavy atom. The number of ether oxygens (including phenoxy) is 1. The summed E-state index contributed by atoms with van der Waals surface area (Å²) >= 11 is 0. The summed E-state index contributed by atoms with van der Waals surface area (Å²) in [6.45, 7) is 1.99. The lowest BCUT2D eigenvalue weighted by atomic mass is 9.98. The Morgan fingerprint density at radius 3 is 2.50 bits per heavy atom. The van der Waals surface area contributed by atoms with Gasteiger partial charge < -0.3 is 15.8 Å². The fourth-order valence-electron chi connectivity index (χ4n) is 1.94. The van der Waals surface area contributed by atoms with E-state index in [1.54, 1.807) is 6.92 Å². The average Bonchev–Trinajstić information content (AvgIpc) is 2.72. The second-order valence-electron chi connectivity index (χ2n) is 4.50. The highest BCUT2D eigenvalue weighted by Gasteiger charge is 2.37. The highest BCUT2D eigenvalue weighted by molar-refractivity contribution is 5.86. The predicted octanol–water partition coefficient (Wildman–Crippen LogP) is 0.183. The van der Waals surface area contributed by atoms with Crippen molar-refractivity contribution in [2.24, 2.45) is 11.7 Å². The highest BCUT2D eigenvalue weighted by Crippen LogP contribution is 2.27. The summed E-state index contributed by atoms with van der Waals surface area (Å²) in [6.07, 6.45) is 3.45. The fraction of sp³-hybridized carbons (Fsp3) is 0.818. The van der Waals surface area contributed by atoms with Gasteiger partial charge in [0, 0.05) is 6.54 Å². The van der Waals surface area contributed by atoms with Crippen LogP contribution in [0.5, 0.6) is 0 Å². The normalized spacial score (nSPS) is 20.2. The van der Waals surface area contributed by atoms with Gasteiger partial charge in [-0.1, -0.05) is 19.8 Å². The molecule has 5 nitrogen and oxygen atoms in total. The lowest BCUT2D eigenvalue weighted by molar-refractivity contribution is -0.144. The molecule has 0 bridgehead atoms. The highest BCUT2D eigenvalue weighted by atomic mass is 16.5. The molecule has 0 saturated heterocycles. The molecule has 0 aromatic rings. The molecule has 0 radical (unpaired) electrons. The maximum Gasteiger partial charge on any atom is 0.310 e. The van der Waals surface area contributed by atoms with Crippen molar-refractivity contribution in [3.05, 3.63) is 0 Å². The van der Waals surface area contributed by atoms with E-state index < -0.39 is 5.54 Å². The van der Waals surface area contributed by atoms with E-state index in [0.29, 0.717) is 0 Å². The van der Waals surface area contributed by atoms with Crippen molar-refractivity contribution in [1.82, 2.24) is 5.32 Å². The minimum absolute atomic E-state index is 0.152. The third-order valence-corrected chi connectivity index (χ3v) is 3.12. The summed E-state index contributed by atoms with van der Waals surface area (Å²) < 4.78 is 4.57. The van der Waals surface area contributed by atoms with Crippen LogP contribution < -0.4 is 11.1 Å². The van der Waals surface area contributed by atoms with Crippen LogP contribution >= 0.6 is 0 Å². The van der Waals surface area contributed by atoms with Crippen molar-refractivity contribution in [2.45, 2.75) is 38.1 Å². The summed E-state index contributed by atoms with van der Waals surface area (Å²) in [4.78, 5) is 22.9. The van der Waals surface area contributed by atoms with E-state index in [2.05, 4.69) is 10.1 Å². The van der Waals surface area contributed by atoms with Gasteiger partial charge >= 0.3 is 5.97 Å². The number of hydrogen-bond acceptors (Lipinski definition) is 4. The molecule has 16 heavy (non-hydrogen) atoms. The van der Waals surface area contributed by atoms with Crippen LogP contribution in [0.1, 0.15) is 32.6 Å². The second kappa shape index (κ2) is 5.30. The SMILES string of the molecule is COC(=O)C(C)CNC(=O)C1(N)CCCC1. The van der Waals surface area contributed by atoms with Gasteiger partial charge in [0.1, 0.15) is 0 Å². The number of hydrogen-bond donors (Lipinski definition) is 2. The van der Waals surface area contributed by atoms with Gasteiger partial charge in [0.15, 0.2) is 0 Å². The molecule has 0 heterocycles. The van der Waals surface area contributed by atoms with Crippen LogP contribution in [-0.4, -0.2) is 31.1 Å². The lowest BCUT2D eigenvalue weighted by Gasteiger charge is -2.23. The molecule has 1 aliphatic carbocycles. The number of nitrogens with one attached hydrogen (secondary N) is 1. The zero-order valence-corrected chi connectivity index (χ0v) is 9.91. The van der Waals surface area contributed by atoms with E-state index in [1.807, 2.05) is 0 Å². The third-order valence-electron chi connectivity index (χ3n) is 3.12. The Bertz CT molecular complexity index is 272. The zero-order chi connectivity index (χ0) is 12.2. The summed E-state index contributed by atoms with van der Waals surface area (Å²) in [6, 6.07) is 0. The number of amides is 1. The fourth-order valence-corrected chi connectivity index (χ4v) is 1.94. The standard InChI is InChI=1S/C11H20N2O3/c1-8(9(14)16-2)7-13-10(15)11(12)5-3-4-6-11/h8H,3-7,12H2,1-2H3,(H,13,15). The van der Waals surface area contributed by atoms with Gasteiger partial charge in [-0.15, -0.1) is 0 Å². The molecule has 0 aliphatic heterocycles. The second-order valence-corrected chi connectivity index (χ2v) is 4.50. The first-order valence-corrected chi connectivity index (χ1v) is 5.64. The summed E-state index contributed by atoms with van der Waals surface area (Å²) in [5.41, 5.74) is 5.24. The van der Waals surface area contributed by atoms with Gasteiger partial charge in [0.2, 0.25) is 5.91 Å². The van der Waals surface area contributed by atoms with E-state index in [9.17, 15) is 9.59 Å². The van der Waals surface area contributed by atoms with E-state index in [-0.39, 0.29) is 24.3 Å². The smallest absolute Gasteiger partial charge is 0.310 e. The molecule has 1 saturated carbocycles. The molecule has 1 fully saturated rings. The van der Waals surface area contributed by atoms with Crippen molar-refractivity contribution in [3.8, 4) is 0 Å². The Balaban J connectivity index is 2.37. The number of esters is 1. The van der Waals surface area contributed by atoms with E-state index in [0.717, 1.165) is 25.7 Å². The van der Waals surface area contributed by atoms with Crippen LogP contribution in [-0.2, 0) is 14.3 Å². The quantitative estimate of drug-likeness (QED) is 0.673. The molecule has 0 spiro atoms. The van der Waals surface area contributed by atoms with E-state index in [1.165, 1.54) is 7.11 Å². The van der Waals surface area contributed by atoms with Gasteiger partial charge in [-0.3, -0.25) is 9.59 Å². The maximum atomic E-state index is 11.8. The van der Waals surface area contributed by atoms with Gasteiger partial charge in [0.25, 0.3) is 0 Å². The monoisotopic (exact) mass is 228 g/mol. The molecule has 0 aromatic heterocycles. The molecular formula is C11H20N2O3. The Kier molecular flexibility index (Phi) is 4.29. The molecule has 1 unspecified atom stereocenters. The molecule has 5 heteroatoms. The van der Waals surface area contributed by atoms with Crippen LogP contribution in [0.25, 0.3) is 0 Å². The van der Waals surface area contributed by atoms with Crippen molar-refractivity contribution in [1.29, 1.82) is 0 Å². The Hall–Kier alpha value is -1.10. The first-order chi connectivity index (χ1) is 7.49. The van der Waals surface area contributed by atoms with Crippen molar-refractivity contribution < 1.29 is 14.3 Å². The van der Waals surface area contributed by atoms with Gasteiger partial charge in [-0.25, -0.2) is 0 Å². The third kappa shape index (κ3) is 2.95. The summed E-state index contributed by atoms with van der Waals surface area (Å²) in [7, 11) is 1.34. The number of rotatable bonds is 4. The van der Waals surface area contributed by atoms with Crippen LogP contribution in [0.3, 0.4) is 0 Å². The summed E-state index contributed by atoms with van der Waals surface area (Å²) in [5, 5.41) is 2.72. The van der Waals surface area contributed by atoms with Gasteiger partial charge in [-0.2, -0.15) is 0 Å². The number of nitrogens with two attached hydrogens (primary N) is 1. The van der Waals surface area contributed by atoms with Crippen LogP contribution in [0.2, 0.25) is 0 Å². The number of carbonyl (C=O) groups is 2. The first kappa shape index (κ1) is 13.0. The zero-order valence-electron chi connectivity index (χ0n) is 9.91. The predicted molar refractivity (Wildman–Crippen MR) is 59.6 cm³/mol. The van der Waals surface area contributed by atoms with E-state index in [4.69, 9.17) is 5.73 Å². The van der Waals surface area contributed by atoms with Crippen molar-refractivity contribution in [3.63, 3.8) is 0 Å². The van der Waals surface area contributed by atoms with Crippen LogP contribution in [0.4, 0.5) is 0 Å². The molecule has 1 rings (SSSR count). The van der Waals surface area contributed by atoms with Gasteiger partial charge in [-0.05, 0) is 12.8 Å². The number of methoxy groups -OCH3 is 1. The first-order valence-electron chi connectivity index (χ1n) is 5.64. The Morgan fingerprint density at radius 2 is 2.00 bits per heavy atom. The maximum absolute atomic E-state index is 11.8. The van der Waals surface area contributed by atoms with E-state index >= 15 is 0 Å². The molecule has 92 valence electrons. The van der Waals surface area contributed by atoms with Crippen LogP contribution in [0.15, 0.2) is 0 Å². The lowest BCUT2D eigenvalue weighted by Crippen LogP contribution is -2.53. The van der Waals surface area contributed by atoms with Gasteiger partial charge in [0.05, 0.1) is 18.6 Å². The molecule has 1 atom stereocenters. The average molecular weight is 228 g/mol. The molecule has 3 N–H and O–H groups in total. The number of carbonyl (C=O) groups excluding carboxylic acids is 2. The molecule has 1 amide bonds. The summed E-state index contributed by atoms with van der Waals surface area (Å²) in [5.74, 6) is -0.808. The molecule has 0 aromatic carbocycles. The van der Waals surface area contributed by atoms with Crippen molar-refractivity contribution in [2.75, 3.05) is 13.7 Å². The molecule has 1 aliphatic rings. The minimum atomic E-state index is -0.726. The molecular weight excluding hydrogens is 208 g/mol. The topological polar surface area (TPSA) is 81.4 Å².